The number of methoxy groups -OCH3 is 2. The monoisotopic (exact) mass is 436 g/mol. The molecule has 1 aliphatic heterocycles. The zero-order valence-electron chi connectivity index (χ0n) is 17.3. The summed E-state index contributed by atoms with van der Waals surface area (Å²) in [6, 6.07) is 9.16. The average Bonchev–Trinajstić information content (AvgIpc) is 2.75. The molecule has 0 bridgehead atoms. The second kappa shape index (κ2) is 10.1. The van der Waals surface area contributed by atoms with Gasteiger partial charge in [0.05, 0.1) is 38.5 Å². The van der Waals surface area contributed by atoms with E-state index in [0.29, 0.717) is 47.3 Å². The van der Waals surface area contributed by atoms with Crippen LogP contribution in [-0.2, 0) is 4.74 Å². The number of hydrogen-bond acceptors (Lipinski definition) is 5. The van der Waals surface area contributed by atoms with Crippen molar-refractivity contribution >= 4 is 17.5 Å². The van der Waals surface area contributed by atoms with Crippen LogP contribution in [0.15, 0.2) is 36.4 Å². The second-order valence-electron chi connectivity index (χ2n) is 7.10. The van der Waals surface area contributed by atoms with Crippen LogP contribution in [0.2, 0.25) is 5.02 Å². The van der Waals surface area contributed by atoms with Crippen molar-refractivity contribution in [2.24, 2.45) is 0 Å². The number of amides is 1. The molecule has 30 heavy (non-hydrogen) atoms. The Morgan fingerprint density at radius 3 is 2.80 bits per heavy atom. The maximum atomic E-state index is 14.7. The third-order valence-electron chi connectivity index (χ3n) is 5.15. The van der Waals surface area contributed by atoms with Gasteiger partial charge < -0.3 is 19.5 Å². The quantitative estimate of drug-likeness (QED) is 0.717. The van der Waals surface area contributed by atoms with E-state index < -0.39 is 11.9 Å². The Labute approximate surface area is 180 Å². The van der Waals surface area contributed by atoms with Gasteiger partial charge in [0.15, 0.2) is 0 Å². The minimum absolute atomic E-state index is 0.000907. The second-order valence-corrected chi connectivity index (χ2v) is 7.51. The molecule has 1 heterocycles. The summed E-state index contributed by atoms with van der Waals surface area (Å²) in [6.45, 7) is 3.88. The smallest absolute Gasteiger partial charge is 0.255 e. The highest BCUT2D eigenvalue weighted by atomic mass is 35.5. The van der Waals surface area contributed by atoms with Crippen LogP contribution in [0.3, 0.4) is 0 Å². The molecule has 2 atom stereocenters. The van der Waals surface area contributed by atoms with Crippen LogP contribution in [0.5, 0.6) is 11.5 Å². The number of ether oxygens (including phenoxy) is 3. The van der Waals surface area contributed by atoms with E-state index in [1.165, 1.54) is 20.3 Å². The van der Waals surface area contributed by atoms with Crippen LogP contribution in [0, 0.1) is 5.82 Å². The van der Waals surface area contributed by atoms with E-state index in [4.69, 9.17) is 25.8 Å². The maximum absolute atomic E-state index is 14.7. The fourth-order valence-corrected chi connectivity index (χ4v) is 3.94. The third kappa shape index (κ3) is 5.03. The number of nitrogens with one attached hydrogen (secondary N) is 1. The lowest BCUT2D eigenvalue weighted by molar-refractivity contribution is -0.0346. The average molecular weight is 437 g/mol. The Balaban J connectivity index is 1.86. The van der Waals surface area contributed by atoms with Gasteiger partial charge in [-0.2, -0.15) is 0 Å². The van der Waals surface area contributed by atoms with Gasteiger partial charge in [0.25, 0.3) is 5.91 Å². The molecule has 0 spiro atoms. The van der Waals surface area contributed by atoms with E-state index in [9.17, 15) is 9.18 Å². The van der Waals surface area contributed by atoms with Crippen molar-refractivity contribution in [1.29, 1.82) is 0 Å². The predicted octanol–water partition coefficient (Wildman–Crippen LogP) is 3.69. The Kier molecular flexibility index (Phi) is 7.53. The molecule has 2 unspecified atom stereocenters. The highest BCUT2D eigenvalue weighted by molar-refractivity contribution is 6.31. The van der Waals surface area contributed by atoms with Crippen molar-refractivity contribution in [3.05, 3.63) is 58.4 Å². The lowest BCUT2D eigenvalue weighted by Crippen LogP contribution is -2.47. The van der Waals surface area contributed by atoms with E-state index in [1.807, 2.05) is 6.92 Å². The fraction of sp³-hybridized carbons (Fsp3) is 0.409. The first kappa shape index (κ1) is 22.3. The standard InChI is InChI=1S/C22H26ClFN2O4/c1-14-13-26(9-10-30-14)19(21-17(23)5-4-6-18(21)24)12-25-22(27)16-11-15(28-2)7-8-20(16)29-3/h4-8,11,14,19H,9-10,12-13H2,1-3H3,(H,25,27). The van der Waals surface area contributed by atoms with Gasteiger partial charge in [-0.05, 0) is 37.3 Å². The first-order valence-corrected chi connectivity index (χ1v) is 10.1. The Bertz CT molecular complexity index is 875. The zero-order chi connectivity index (χ0) is 21.7. The first-order valence-electron chi connectivity index (χ1n) is 9.74. The third-order valence-corrected chi connectivity index (χ3v) is 5.48. The number of carbonyl (C=O) groups excluding carboxylic acids is 1. The summed E-state index contributed by atoms with van der Waals surface area (Å²) < 4.78 is 30.9. The van der Waals surface area contributed by atoms with Crippen LogP contribution in [0.1, 0.15) is 28.9 Å². The van der Waals surface area contributed by atoms with E-state index >= 15 is 0 Å². The van der Waals surface area contributed by atoms with Crippen molar-refractivity contribution in [3.8, 4) is 11.5 Å². The van der Waals surface area contributed by atoms with Gasteiger partial charge in [-0.25, -0.2) is 4.39 Å². The van der Waals surface area contributed by atoms with Gasteiger partial charge in [-0.1, -0.05) is 17.7 Å². The molecule has 1 saturated heterocycles. The summed E-state index contributed by atoms with van der Waals surface area (Å²) >= 11 is 6.35. The molecule has 162 valence electrons. The lowest BCUT2D eigenvalue weighted by atomic mass is 10.0. The van der Waals surface area contributed by atoms with E-state index in [2.05, 4.69) is 10.2 Å². The molecule has 1 N–H and O–H groups in total. The molecule has 2 aromatic carbocycles. The van der Waals surface area contributed by atoms with Crippen LogP contribution in [-0.4, -0.2) is 57.4 Å². The van der Waals surface area contributed by atoms with Crippen molar-refractivity contribution in [2.75, 3.05) is 40.5 Å². The number of carbonyl (C=O) groups is 1. The van der Waals surface area contributed by atoms with Crippen molar-refractivity contribution in [2.45, 2.75) is 19.1 Å². The van der Waals surface area contributed by atoms with Gasteiger partial charge >= 0.3 is 0 Å². The number of nitrogens with zero attached hydrogens (tertiary/aromatic N) is 1. The van der Waals surface area contributed by atoms with Crippen molar-refractivity contribution in [3.63, 3.8) is 0 Å². The molecular weight excluding hydrogens is 411 g/mol. The molecule has 0 aliphatic carbocycles. The molecule has 2 aromatic rings. The van der Waals surface area contributed by atoms with E-state index in [0.717, 1.165) is 0 Å². The summed E-state index contributed by atoms with van der Waals surface area (Å²) in [6.07, 6.45) is 0.000907. The topological polar surface area (TPSA) is 60.0 Å². The largest absolute Gasteiger partial charge is 0.497 e. The van der Waals surface area contributed by atoms with Gasteiger partial charge in [-0.15, -0.1) is 0 Å². The first-order chi connectivity index (χ1) is 14.4. The molecular formula is C22H26ClFN2O4. The number of halogens is 2. The van der Waals surface area contributed by atoms with Gasteiger partial charge in [0.1, 0.15) is 17.3 Å². The van der Waals surface area contributed by atoms with Crippen molar-refractivity contribution < 1.29 is 23.4 Å². The lowest BCUT2D eigenvalue weighted by Gasteiger charge is -2.38. The van der Waals surface area contributed by atoms with Gasteiger partial charge in [-0.3, -0.25) is 9.69 Å². The van der Waals surface area contributed by atoms with Crippen LogP contribution in [0.25, 0.3) is 0 Å². The normalized spacial score (nSPS) is 18.0. The van der Waals surface area contributed by atoms with Crippen molar-refractivity contribution in [1.82, 2.24) is 10.2 Å². The predicted molar refractivity (Wildman–Crippen MR) is 113 cm³/mol. The molecule has 1 fully saturated rings. The van der Waals surface area contributed by atoms with E-state index in [-0.39, 0.29) is 18.6 Å². The molecule has 3 rings (SSSR count). The maximum Gasteiger partial charge on any atom is 0.255 e. The highest BCUT2D eigenvalue weighted by Crippen LogP contribution is 2.31. The van der Waals surface area contributed by atoms with E-state index in [1.54, 1.807) is 30.3 Å². The SMILES string of the molecule is COc1ccc(OC)c(C(=O)NCC(c2c(F)cccc2Cl)N2CCOC(C)C2)c1. The molecule has 0 saturated carbocycles. The molecule has 1 aliphatic rings. The summed E-state index contributed by atoms with van der Waals surface area (Å²) in [5.41, 5.74) is 0.705. The number of morpholine rings is 1. The Hall–Kier alpha value is -2.35. The molecule has 1 amide bonds. The van der Waals surface area contributed by atoms with Gasteiger partial charge in [0, 0.05) is 30.2 Å². The van der Waals surface area contributed by atoms with Crippen LogP contribution in [0.4, 0.5) is 4.39 Å². The molecule has 0 radical (unpaired) electrons. The summed E-state index contributed by atoms with van der Waals surface area (Å²) in [5.74, 6) is 0.217. The molecule has 0 aromatic heterocycles. The minimum Gasteiger partial charge on any atom is -0.497 e. The summed E-state index contributed by atoms with van der Waals surface area (Å²) in [7, 11) is 3.02. The number of hydrogen-bond donors (Lipinski definition) is 1. The number of benzene rings is 2. The zero-order valence-corrected chi connectivity index (χ0v) is 18.0. The summed E-state index contributed by atoms with van der Waals surface area (Å²) in [5, 5.41) is 3.23. The molecule has 6 nitrogen and oxygen atoms in total. The summed E-state index contributed by atoms with van der Waals surface area (Å²) in [4.78, 5) is 15.0. The Morgan fingerprint density at radius 1 is 1.33 bits per heavy atom. The Morgan fingerprint density at radius 2 is 2.13 bits per heavy atom. The fourth-order valence-electron chi connectivity index (χ4n) is 3.65. The number of rotatable bonds is 7. The van der Waals surface area contributed by atoms with Crippen LogP contribution >= 0.6 is 11.6 Å². The highest BCUT2D eigenvalue weighted by Gasteiger charge is 2.30. The minimum atomic E-state index is -0.439. The molecule has 8 heteroatoms. The van der Waals surface area contributed by atoms with Crippen LogP contribution < -0.4 is 14.8 Å². The van der Waals surface area contributed by atoms with Gasteiger partial charge in [0.2, 0.25) is 0 Å².